The van der Waals surface area contributed by atoms with E-state index >= 15 is 0 Å². The van der Waals surface area contributed by atoms with Gasteiger partial charge in [0.1, 0.15) is 11.5 Å². The molecule has 0 bridgehead atoms. The van der Waals surface area contributed by atoms with Gasteiger partial charge in [-0.3, -0.25) is 9.36 Å². The predicted octanol–water partition coefficient (Wildman–Crippen LogP) is 4.19. The summed E-state index contributed by atoms with van der Waals surface area (Å²) in [5, 5.41) is 13.4. The van der Waals surface area contributed by atoms with Crippen LogP contribution in [0, 0.1) is 0 Å². The smallest absolute Gasteiger partial charge is 0.250 e. The van der Waals surface area contributed by atoms with Crippen LogP contribution in [0.5, 0.6) is 11.5 Å². The zero-order valence-corrected chi connectivity index (χ0v) is 19.5. The number of carbonyl (C=O) groups excluding carboxylic acids is 1. The van der Waals surface area contributed by atoms with Crippen LogP contribution < -0.4 is 14.9 Å². The third-order valence-electron chi connectivity index (χ3n) is 4.85. The van der Waals surface area contributed by atoms with Gasteiger partial charge in [-0.15, -0.1) is 10.2 Å². The molecular formula is C25H23N5O3S. The fraction of sp³-hybridized carbons (Fsp3) is 0.120. The number of hydrogen-bond acceptors (Lipinski definition) is 7. The maximum Gasteiger partial charge on any atom is 0.250 e. The third kappa shape index (κ3) is 5.44. The predicted molar refractivity (Wildman–Crippen MR) is 133 cm³/mol. The second-order valence-corrected chi connectivity index (χ2v) is 7.98. The van der Waals surface area contributed by atoms with Crippen molar-refractivity contribution in [3.8, 4) is 28.6 Å². The number of aromatic nitrogens is 3. The number of carbonyl (C=O) groups is 1. The highest BCUT2D eigenvalue weighted by Gasteiger charge is 2.17. The van der Waals surface area contributed by atoms with Crippen molar-refractivity contribution in [2.75, 3.05) is 20.0 Å². The minimum Gasteiger partial charge on any atom is -0.497 e. The molecule has 4 rings (SSSR count). The summed E-state index contributed by atoms with van der Waals surface area (Å²) in [5.41, 5.74) is 5.11. The lowest BCUT2D eigenvalue weighted by atomic mass is 10.2. The molecule has 1 heterocycles. The number of ether oxygens (including phenoxy) is 2. The minimum absolute atomic E-state index is 0.122. The van der Waals surface area contributed by atoms with Crippen molar-refractivity contribution in [2.45, 2.75) is 5.16 Å². The summed E-state index contributed by atoms with van der Waals surface area (Å²) >= 11 is 1.29. The summed E-state index contributed by atoms with van der Waals surface area (Å²) in [7, 11) is 3.15. The van der Waals surface area contributed by atoms with E-state index in [0.29, 0.717) is 28.0 Å². The van der Waals surface area contributed by atoms with Crippen LogP contribution in [0.4, 0.5) is 0 Å². The zero-order valence-electron chi connectivity index (χ0n) is 18.7. The molecule has 0 aliphatic carbocycles. The molecule has 0 radical (unpaired) electrons. The molecule has 9 heteroatoms. The van der Waals surface area contributed by atoms with Gasteiger partial charge in [0.2, 0.25) is 0 Å². The number of thioether (sulfide) groups is 1. The second-order valence-electron chi connectivity index (χ2n) is 7.03. The first-order chi connectivity index (χ1) is 16.7. The Bertz CT molecular complexity index is 1280. The molecule has 0 saturated heterocycles. The average Bonchev–Trinajstić information content (AvgIpc) is 3.32. The maximum atomic E-state index is 12.4. The fourth-order valence-electron chi connectivity index (χ4n) is 3.21. The second kappa shape index (κ2) is 11.2. The van der Waals surface area contributed by atoms with E-state index in [1.165, 1.54) is 18.0 Å². The van der Waals surface area contributed by atoms with Crippen molar-refractivity contribution in [3.05, 3.63) is 84.4 Å². The summed E-state index contributed by atoms with van der Waals surface area (Å²) in [6.45, 7) is 0. The average molecular weight is 474 g/mol. The van der Waals surface area contributed by atoms with E-state index in [1.807, 2.05) is 65.2 Å². The van der Waals surface area contributed by atoms with E-state index < -0.39 is 0 Å². The maximum absolute atomic E-state index is 12.4. The van der Waals surface area contributed by atoms with Crippen molar-refractivity contribution in [1.29, 1.82) is 0 Å². The first-order valence-corrected chi connectivity index (χ1v) is 11.4. The van der Waals surface area contributed by atoms with Crippen LogP contribution in [-0.4, -0.2) is 46.9 Å². The van der Waals surface area contributed by atoms with Gasteiger partial charge in [0, 0.05) is 22.9 Å². The third-order valence-corrected chi connectivity index (χ3v) is 5.77. The van der Waals surface area contributed by atoms with Crippen LogP contribution in [0.1, 0.15) is 5.56 Å². The van der Waals surface area contributed by atoms with Gasteiger partial charge in [0.25, 0.3) is 5.91 Å². The molecule has 1 N–H and O–H groups in total. The number of hydrogen-bond donors (Lipinski definition) is 1. The largest absolute Gasteiger partial charge is 0.497 e. The number of methoxy groups -OCH3 is 2. The Hall–Kier alpha value is -4.11. The highest BCUT2D eigenvalue weighted by Crippen LogP contribution is 2.28. The summed E-state index contributed by atoms with van der Waals surface area (Å²) < 4.78 is 12.5. The number of para-hydroxylation sites is 1. The molecule has 8 nitrogen and oxygen atoms in total. The summed E-state index contributed by atoms with van der Waals surface area (Å²) in [6.07, 6.45) is 1.53. The zero-order chi connectivity index (χ0) is 23.8. The Balaban J connectivity index is 1.46. The van der Waals surface area contributed by atoms with E-state index in [-0.39, 0.29) is 11.7 Å². The highest BCUT2D eigenvalue weighted by molar-refractivity contribution is 7.99. The lowest BCUT2D eigenvalue weighted by Crippen LogP contribution is -2.20. The molecule has 0 atom stereocenters. The quantitative estimate of drug-likeness (QED) is 0.223. The summed E-state index contributed by atoms with van der Waals surface area (Å²) in [5.74, 6) is 1.83. The number of nitrogens with one attached hydrogen (secondary N) is 1. The summed E-state index contributed by atoms with van der Waals surface area (Å²) in [4.78, 5) is 12.4. The molecule has 0 fully saturated rings. The fourth-order valence-corrected chi connectivity index (χ4v) is 3.95. The van der Waals surface area contributed by atoms with Crippen molar-refractivity contribution < 1.29 is 14.3 Å². The topological polar surface area (TPSA) is 90.6 Å². The molecule has 172 valence electrons. The van der Waals surface area contributed by atoms with Gasteiger partial charge in [-0.25, -0.2) is 5.43 Å². The SMILES string of the molecule is COc1ccc(/C=N\NC(=O)CSc2nnc(-c3ccccc3)n2-c2ccccc2)c(OC)c1. The molecule has 0 aliphatic rings. The van der Waals surface area contributed by atoms with Crippen LogP contribution in [0.2, 0.25) is 0 Å². The Labute approximate surface area is 201 Å². The van der Waals surface area contributed by atoms with Gasteiger partial charge in [-0.1, -0.05) is 60.3 Å². The molecular weight excluding hydrogens is 450 g/mol. The Morgan fingerprint density at radius 1 is 1.00 bits per heavy atom. The summed E-state index contributed by atoms with van der Waals surface area (Å²) in [6, 6.07) is 25.0. The molecule has 1 amide bonds. The van der Waals surface area contributed by atoms with Crippen LogP contribution in [-0.2, 0) is 4.79 Å². The molecule has 3 aromatic carbocycles. The van der Waals surface area contributed by atoms with E-state index in [0.717, 1.165) is 11.3 Å². The van der Waals surface area contributed by atoms with E-state index in [2.05, 4.69) is 20.7 Å². The highest BCUT2D eigenvalue weighted by atomic mass is 32.2. The van der Waals surface area contributed by atoms with E-state index in [9.17, 15) is 4.79 Å². The van der Waals surface area contributed by atoms with Gasteiger partial charge in [-0.2, -0.15) is 5.10 Å². The van der Waals surface area contributed by atoms with Gasteiger partial charge < -0.3 is 9.47 Å². The monoisotopic (exact) mass is 473 g/mol. The lowest BCUT2D eigenvalue weighted by molar-refractivity contribution is -0.118. The van der Waals surface area contributed by atoms with Gasteiger partial charge in [0.05, 0.1) is 26.2 Å². The Morgan fingerprint density at radius 2 is 1.74 bits per heavy atom. The van der Waals surface area contributed by atoms with Gasteiger partial charge in [0.15, 0.2) is 11.0 Å². The van der Waals surface area contributed by atoms with Crippen LogP contribution in [0.15, 0.2) is 89.1 Å². The molecule has 0 unspecified atom stereocenters. The van der Waals surface area contributed by atoms with Crippen molar-refractivity contribution in [3.63, 3.8) is 0 Å². The van der Waals surface area contributed by atoms with Crippen molar-refractivity contribution in [1.82, 2.24) is 20.2 Å². The number of rotatable bonds is 9. The molecule has 0 spiro atoms. The lowest BCUT2D eigenvalue weighted by Gasteiger charge is -2.10. The molecule has 1 aromatic heterocycles. The van der Waals surface area contributed by atoms with Crippen LogP contribution in [0.3, 0.4) is 0 Å². The first kappa shape index (κ1) is 23.1. The normalized spacial score (nSPS) is 10.9. The first-order valence-electron chi connectivity index (χ1n) is 10.4. The van der Waals surface area contributed by atoms with Gasteiger partial charge >= 0.3 is 0 Å². The van der Waals surface area contributed by atoms with Crippen LogP contribution >= 0.6 is 11.8 Å². The van der Waals surface area contributed by atoms with E-state index in [1.54, 1.807) is 32.4 Å². The van der Waals surface area contributed by atoms with E-state index in [4.69, 9.17) is 9.47 Å². The van der Waals surface area contributed by atoms with Crippen molar-refractivity contribution >= 4 is 23.9 Å². The minimum atomic E-state index is -0.266. The standard InChI is InChI=1S/C25H23N5O3S/c1-32-21-14-13-19(22(15-21)33-2)16-26-27-23(31)17-34-25-29-28-24(18-9-5-3-6-10-18)30(25)20-11-7-4-8-12-20/h3-16H,17H2,1-2H3,(H,27,31)/b26-16-. The molecule has 0 aliphatic heterocycles. The molecule has 34 heavy (non-hydrogen) atoms. The van der Waals surface area contributed by atoms with Gasteiger partial charge in [-0.05, 0) is 24.3 Å². The Kier molecular flexibility index (Phi) is 7.56. The number of amides is 1. The van der Waals surface area contributed by atoms with Crippen molar-refractivity contribution in [2.24, 2.45) is 5.10 Å². The number of benzene rings is 3. The molecule has 4 aromatic rings. The number of hydrazone groups is 1. The Morgan fingerprint density at radius 3 is 2.44 bits per heavy atom. The molecule has 0 saturated carbocycles. The van der Waals surface area contributed by atoms with Crippen LogP contribution in [0.25, 0.3) is 17.1 Å². The number of nitrogens with zero attached hydrogens (tertiary/aromatic N) is 4.